The number of benzene rings is 1. The second-order valence-corrected chi connectivity index (χ2v) is 10.6. The lowest BCUT2D eigenvalue weighted by Crippen LogP contribution is -2.50. The smallest absolute Gasteiger partial charge is 0.229 e. The van der Waals surface area contributed by atoms with E-state index < -0.39 is 0 Å². The van der Waals surface area contributed by atoms with Gasteiger partial charge in [-0.3, -0.25) is 4.79 Å². The van der Waals surface area contributed by atoms with Gasteiger partial charge in [0.05, 0.1) is 22.4 Å². The van der Waals surface area contributed by atoms with Crippen molar-refractivity contribution in [2.75, 3.05) is 11.9 Å². The first-order valence-corrected chi connectivity index (χ1v) is 13.1. The molecule has 0 aliphatic heterocycles. The molecule has 2 aliphatic rings. The monoisotopic (exact) mass is 496 g/mol. The first-order valence-electron chi connectivity index (χ1n) is 12.3. The van der Waals surface area contributed by atoms with Crippen LogP contribution in [0.2, 0.25) is 0 Å². The number of hydrogen-bond donors (Lipinski definition) is 4. The number of thiazole rings is 1. The first kappa shape index (κ1) is 24.2. The summed E-state index contributed by atoms with van der Waals surface area (Å²) in [6.07, 6.45) is 7.38. The summed E-state index contributed by atoms with van der Waals surface area (Å²) in [5, 5.41) is 16.9. The fraction of sp³-hybridized carbons (Fsp3) is 0.520. The number of aliphatic hydroxyl groups is 1. The van der Waals surface area contributed by atoms with Crippen LogP contribution in [-0.4, -0.2) is 56.8 Å². The van der Waals surface area contributed by atoms with Crippen LogP contribution >= 0.6 is 11.3 Å². The Labute approximate surface area is 208 Å². The molecule has 10 heteroatoms. The van der Waals surface area contributed by atoms with E-state index in [0.717, 1.165) is 53.4 Å². The van der Waals surface area contributed by atoms with Crippen molar-refractivity contribution in [3.63, 3.8) is 0 Å². The van der Waals surface area contributed by atoms with E-state index in [1.165, 1.54) is 11.3 Å². The van der Waals surface area contributed by atoms with E-state index in [1.807, 2.05) is 18.2 Å². The van der Waals surface area contributed by atoms with Crippen LogP contribution in [0.5, 0.6) is 0 Å². The Morgan fingerprint density at radius 1 is 1.26 bits per heavy atom. The average Bonchev–Trinajstić information content (AvgIpc) is 3.44. The first-order chi connectivity index (χ1) is 17.0. The minimum Gasteiger partial charge on any atom is -0.390 e. The summed E-state index contributed by atoms with van der Waals surface area (Å²) >= 11 is 1.47. The van der Waals surface area contributed by atoms with Gasteiger partial charge in [0.25, 0.3) is 0 Å². The summed E-state index contributed by atoms with van der Waals surface area (Å²) in [5.41, 5.74) is 8.39. The zero-order valence-electron chi connectivity index (χ0n) is 19.8. The van der Waals surface area contributed by atoms with E-state index in [1.54, 1.807) is 12.4 Å². The molecule has 5 rings (SSSR count). The van der Waals surface area contributed by atoms with Gasteiger partial charge in [-0.15, -0.1) is 0 Å². The third-order valence-electron chi connectivity index (χ3n) is 6.88. The van der Waals surface area contributed by atoms with Gasteiger partial charge in [-0.1, -0.05) is 17.4 Å². The van der Waals surface area contributed by atoms with Gasteiger partial charge in [0, 0.05) is 42.5 Å². The lowest BCUT2D eigenvalue weighted by atomic mass is 9.79. The highest BCUT2D eigenvalue weighted by Gasteiger charge is 2.35. The summed E-state index contributed by atoms with van der Waals surface area (Å²) in [5.74, 6) is 0.637. The average molecular weight is 497 g/mol. The molecule has 0 spiro atoms. The molecule has 9 nitrogen and oxygen atoms in total. The molecule has 2 aromatic heterocycles. The Morgan fingerprint density at radius 3 is 2.77 bits per heavy atom. The summed E-state index contributed by atoms with van der Waals surface area (Å²) in [6, 6.07) is 6.61. The fourth-order valence-corrected chi connectivity index (χ4v) is 5.57. The maximum Gasteiger partial charge on any atom is 0.229 e. The molecule has 2 fully saturated rings. The van der Waals surface area contributed by atoms with Crippen molar-refractivity contribution in [2.45, 2.75) is 69.9 Å². The van der Waals surface area contributed by atoms with Gasteiger partial charge < -0.3 is 26.2 Å². The molecule has 0 saturated heterocycles. The van der Waals surface area contributed by atoms with Crippen molar-refractivity contribution in [1.29, 1.82) is 0 Å². The topological polar surface area (TPSA) is 135 Å². The van der Waals surface area contributed by atoms with E-state index in [4.69, 9.17) is 10.5 Å². The Hall–Kier alpha value is -2.50. The Kier molecular flexibility index (Phi) is 7.35. The number of anilines is 1. The fourth-order valence-electron chi connectivity index (χ4n) is 4.66. The Balaban J connectivity index is 1.18. The van der Waals surface area contributed by atoms with Gasteiger partial charge in [0.1, 0.15) is 6.61 Å². The number of ether oxygens (including phenoxy) is 1. The number of carbonyl (C=O) groups is 1. The van der Waals surface area contributed by atoms with Crippen molar-refractivity contribution in [3.05, 3.63) is 36.4 Å². The second kappa shape index (κ2) is 10.6. The molecule has 2 aliphatic carbocycles. The quantitative estimate of drug-likeness (QED) is 0.355. The van der Waals surface area contributed by atoms with Crippen LogP contribution in [0.15, 0.2) is 30.6 Å². The zero-order valence-corrected chi connectivity index (χ0v) is 20.6. The summed E-state index contributed by atoms with van der Waals surface area (Å²) in [4.78, 5) is 26.1. The van der Waals surface area contributed by atoms with Crippen molar-refractivity contribution >= 4 is 32.6 Å². The standard InChI is InChI=1S/C25H32N6O3S/c1-14(10-26)29-18-7-16(8-18)24(33)31-25-30-19-6-5-15(9-22(19)35-25)17-11-27-23(28-12-17)13-34-21-4-2-3-20(21)32/h5-6,9,11-12,14,16,18,20-21,29,32H,2-4,7-8,10,13,26H2,1H3,(H,30,31,33)/t14-,16?,18?,20-,21-/m0/s1. The third kappa shape index (κ3) is 5.68. The highest BCUT2D eigenvalue weighted by Crippen LogP contribution is 2.33. The molecule has 3 aromatic rings. The second-order valence-electron chi connectivity index (χ2n) is 9.60. The molecule has 186 valence electrons. The zero-order chi connectivity index (χ0) is 24.4. The van der Waals surface area contributed by atoms with E-state index in [0.29, 0.717) is 30.1 Å². The lowest BCUT2D eigenvalue weighted by Gasteiger charge is -2.36. The van der Waals surface area contributed by atoms with E-state index in [-0.39, 0.29) is 30.1 Å². The number of carbonyl (C=O) groups excluding carboxylic acids is 1. The molecule has 35 heavy (non-hydrogen) atoms. The number of hydrogen-bond acceptors (Lipinski definition) is 9. The maximum atomic E-state index is 12.6. The van der Waals surface area contributed by atoms with E-state index in [2.05, 4.69) is 32.5 Å². The van der Waals surface area contributed by atoms with Gasteiger partial charge in [-0.05, 0) is 56.7 Å². The molecule has 1 aromatic carbocycles. The van der Waals surface area contributed by atoms with Gasteiger partial charge in [0.15, 0.2) is 11.0 Å². The van der Waals surface area contributed by atoms with Crippen LogP contribution in [0.4, 0.5) is 5.13 Å². The number of nitrogens with zero attached hydrogens (tertiary/aromatic N) is 3. The van der Waals surface area contributed by atoms with Crippen LogP contribution < -0.4 is 16.4 Å². The minimum absolute atomic E-state index is 0.0108. The molecule has 5 N–H and O–H groups in total. The van der Waals surface area contributed by atoms with E-state index >= 15 is 0 Å². The number of nitrogens with one attached hydrogen (secondary N) is 2. The number of rotatable bonds is 9. The van der Waals surface area contributed by atoms with Crippen molar-refractivity contribution in [1.82, 2.24) is 20.3 Å². The van der Waals surface area contributed by atoms with Crippen LogP contribution in [0.3, 0.4) is 0 Å². The van der Waals surface area contributed by atoms with Crippen LogP contribution in [0.1, 0.15) is 44.9 Å². The number of fused-ring (bicyclic) bond motifs is 1. The maximum absolute atomic E-state index is 12.6. The molecule has 0 bridgehead atoms. The normalized spacial score (nSPS) is 24.9. The highest BCUT2D eigenvalue weighted by atomic mass is 32.1. The van der Waals surface area contributed by atoms with Crippen LogP contribution in [0, 0.1) is 5.92 Å². The number of aliphatic hydroxyl groups excluding tert-OH is 1. The number of amides is 1. The lowest BCUT2D eigenvalue weighted by molar-refractivity contribution is -0.123. The highest BCUT2D eigenvalue weighted by molar-refractivity contribution is 7.22. The van der Waals surface area contributed by atoms with Crippen molar-refractivity contribution in [2.24, 2.45) is 11.7 Å². The van der Waals surface area contributed by atoms with Gasteiger partial charge in [-0.25, -0.2) is 15.0 Å². The third-order valence-corrected chi connectivity index (χ3v) is 7.82. The SMILES string of the molecule is C[C@@H](CN)NC1CC(C(=O)Nc2nc3ccc(-c4cnc(CO[C@H]5CCC[C@@H]5O)nc4)cc3s2)C1. The van der Waals surface area contributed by atoms with Crippen LogP contribution in [0.25, 0.3) is 21.3 Å². The Morgan fingerprint density at radius 2 is 2.06 bits per heavy atom. The Bertz CT molecular complexity index is 1160. The van der Waals surface area contributed by atoms with Crippen molar-refractivity contribution in [3.8, 4) is 11.1 Å². The van der Waals surface area contributed by atoms with Gasteiger partial charge in [0.2, 0.25) is 5.91 Å². The molecule has 2 saturated carbocycles. The number of aromatic nitrogens is 3. The number of nitrogens with two attached hydrogens (primary N) is 1. The molecule has 0 unspecified atom stereocenters. The van der Waals surface area contributed by atoms with Crippen LogP contribution in [-0.2, 0) is 16.1 Å². The largest absolute Gasteiger partial charge is 0.390 e. The summed E-state index contributed by atoms with van der Waals surface area (Å²) in [7, 11) is 0. The molecule has 2 heterocycles. The van der Waals surface area contributed by atoms with E-state index in [9.17, 15) is 9.90 Å². The molecule has 0 radical (unpaired) electrons. The molecular formula is C25H32N6O3S. The molecule has 1 amide bonds. The molecule has 3 atom stereocenters. The summed E-state index contributed by atoms with van der Waals surface area (Å²) < 4.78 is 6.76. The van der Waals surface area contributed by atoms with Gasteiger partial charge in [-0.2, -0.15) is 0 Å². The molecular weight excluding hydrogens is 464 g/mol. The predicted molar refractivity (Wildman–Crippen MR) is 136 cm³/mol. The predicted octanol–water partition coefficient (Wildman–Crippen LogP) is 2.84. The van der Waals surface area contributed by atoms with Crippen molar-refractivity contribution < 1.29 is 14.6 Å². The minimum atomic E-state index is -0.386. The van der Waals surface area contributed by atoms with Gasteiger partial charge >= 0.3 is 0 Å². The summed E-state index contributed by atoms with van der Waals surface area (Å²) in [6.45, 7) is 2.95.